The van der Waals surface area contributed by atoms with Crippen molar-refractivity contribution in [1.82, 2.24) is 14.5 Å². The van der Waals surface area contributed by atoms with Crippen LogP contribution in [0.2, 0.25) is 0 Å². The first kappa shape index (κ1) is 19.8. The summed E-state index contributed by atoms with van der Waals surface area (Å²) < 4.78 is 8.05. The minimum Gasteiger partial charge on any atom is -0.489 e. The second kappa shape index (κ2) is 8.26. The molecule has 2 aliphatic heterocycles. The van der Waals surface area contributed by atoms with Gasteiger partial charge in [0.25, 0.3) is 0 Å². The summed E-state index contributed by atoms with van der Waals surface area (Å²) in [6.07, 6.45) is 5.60. The van der Waals surface area contributed by atoms with Gasteiger partial charge in [-0.1, -0.05) is 18.2 Å². The van der Waals surface area contributed by atoms with Crippen LogP contribution in [0.25, 0.3) is 6.08 Å². The van der Waals surface area contributed by atoms with Crippen molar-refractivity contribution in [3.05, 3.63) is 53.1 Å². The molecule has 136 valence electrons. The second-order valence-corrected chi connectivity index (χ2v) is 6.70. The molecular weight excluding hydrogens is 357 g/mol. The van der Waals surface area contributed by atoms with Gasteiger partial charge in [-0.05, 0) is 37.6 Å². The first-order valence-electron chi connectivity index (χ1n) is 8.32. The molecule has 2 aromatic rings. The van der Waals surface area contributed by atoms with Crippen LogP contribution in [0.4, 0.5) is 0 Å². The van der Waals surface area contributed by atoms with E-state index in [1.807, 2.05) is 12.1 Å². The van der Waals surface area contributed by atoms with Crippen molar-refractivity contribution >= 4 is 30.9 Å². The minimum atomic E-state index is 0. The largest absolute Gasteiger partial charge is 0.489 e. The van der Waals surface area contributed by atoms with E-state index in [1.165, 1.54) is 23.4 Å². The third-order valence-corrected chi connectivity index (χ3v) is 4.79. The summed E-state index contributed by atoms with van der Waals surface area (Å²) in [7, 11) is 2.10. The summed E-state index contributed by atoms with van der Waals surface area (Å²) in [5.41, 5.74) is 3.67. The summed E-state index contributed by atoms with van der Waals surface area (Å²) >= 11 is 0. The Kier molecular flexibility index (Phi) is 6.55. The standard InChI is InChI=1S/C19H23N3O.2ClH/c1-14-10-21(2)19(20-14)17-7-8-22(12-17)11-15-9-16-5-3-4-6-18(16)23-13-15;;/h3-6,9-10,17H,7-8,11-13H2,1-2H3;2*1H. The first-order chi connectivity index (χ1) is 11.2. The fourth-order valence-electron chi connectivity index (χ4n) is 3.74. The average molecular weight is 382 g/mol. The van der Waals surface area contributed by atoms with E-state index >= 15 is 0 Å². The predicted octanol–water partition coefficient (Wildman–Crippen LogP) is 3.84. The van der Waals surface area contributed by atoms with Crippen molar-refractivity contribution in [3.63, 3.8) is 0 Å². The van der Waals surface area contributed by atoms with E-state index in [2.05, 4.69) is 47.8 Å². The number of aromatic nitrogens is 2. The van der Waals surface area contributed by atoms with Gasteiger partial charge in [0.1, 0.15) is 18.2 Å². The summed E-state index contributed by atoms with van der Waals surface area (Å²) in [5.74, 6) is 2.77. The van der Waals surface area contributed by atoms with E-state index in [4.69, 9.17) is 9.72 Å². The molecule has 1 unspecified atom stereocenters. The van der Waals surface area contributed by atoms with Crippen molar-refractivity contribution in [3.8, 4) is 5.75 Å². The van der Waals surface area contributed by atoms with Gasteiger partial charge in [0.2, 0.25) is 0 Å². The van der Waals surface area contributed by atoms with Gasteiger partial charge in [-0.2, -0.15) is 0 Å². The van der Waals surface area contributed by atoms with Gasteiger partial charge in [0.05, 0.1) is 5.69 Å². The molecule has 4 rings (SSSR count). The lowest BCUT2D eigenvalue weighted by Gasteiger charge is -2.22. The Balaban J connectivity index is 0.00000113. The van der Waals surface area contributed by atoms with Crippen molar-refractivity contribution in [2.45, 2.75) is 19.3 Å². The van der Waals surface area contributed by atoms with Gasteiger partial charge < -0.3 is 9.30 Å². The molecule has 0 amide bonds. The Hall–Kier alpha value is -1.49. The Labute approximate surface area is 161 Å². The highest BCUT2D eigenvalue weighted by Crippen LogP contribution is 2.29. The normalized spacial score (nSPS) is 19.3. The van der Waals surface area contributed by atoms with Gasteiger partial charge in [-0.3, -0.25) is 4.90 Å². The molecule has 0 spiro atoms. The molecule has 0 aliphatic carbocycles. The maximum Gasteiger partial charge on any atom is 0.127 e. The van der Waals surface area contributed by atoms with Crippen molar-refractivity contribution in [2.75, 3.05) is 26.2 Å². The third kappa shape index (κ3) is 4.20. The second-order valence-electron chi connectivity index (χ2n) is 6.70. The summed E-state index contributed by atoms with van der Waals surface area (Å²) in [6.45, 7) is 5.99. The van der Waals surface area contributed by atoms with Crippen molar-refractivity contribution in [1.29, 1.82) is 0 Å². The number of likely N-dealkylation sites (tertiary alicyclic amines) is 1. The number of fused-ring (bicyclic) bond motifs is 1. The van der Waals surface area contributed by atoms with Crippen LogP contribution in [0.3, 0.4) is 0 Å². The van der Waals surface area contributed by atoms with Crippen LogP contribution in [0.5, 0.6) is 5.75 Å². The molecule has 2 aliphatic rings. The Bertz CT molecular complexity index is 757. The number of hydrogen-bond acceptors (Lipinski definition) is 3. The highest BCUT2D eigenvalue weighted by Gasteiger charge is 2.27. The zero-order valence-corrected chi connectivity index (χ0v) is 16.3. The molecule has 1 aromatic carbocycles. The lowest BCUT2D eigenvalue weighted by Crippen LogP contribution is -2.26. The van der Waals surface area contributed by atoms with Crippen molar-refractivity contribution in [2.24, 2.45) is 7.05 Å². The van der Waals surface area contributed by atoms with Gasteiger partial charge in [0, 0.05) is 37.8 Å². The number of benzene rings is 1. The van der Waals surface area contributed by atoms with E-state index in [-0.39, 0.29) is 24.8 Å². The van der Waals surface area contributed by atoms with E-state index < -0.39 is 0 Å². The number of ether oxygens (including phenoxy) is 1. The molecule has 6 heteroatoms. The molecular formula is C19H25Cl2N3O. The Morgan fingerprint density at radius 3 is 2.80 bits per heavy atom. The molecule has 3 heterocycles. The Morgan fingerprint density at radius 2 is 2.04 bits per heavy atom. The molecule has 0 bridgehead atoms. The first-order valence-corrected chi connectivity index (χ1v) is 8.32. The molecule has 1 aromatic heterocycles. The van der Waals surface area contributed by atoms with Crippen LogP contribution in [0.1, 0.15) is 29.4 Å². The predicted molar refractivity (Wildman–Crippen MR) is 106 cm³/mol. The fraction of sp³-hybridized carbons (Fsp3) is 0.421. The average Bonchev–Trinajstić information content (AvgIpc) is 3.13. The molecule has 1 atom stereocenters. The number of nitrogens with zero attached hydrogens (tertiary/aromatic N) is 3. The minimum absolute atomic E-state index is 0. The highest BCUT2D eigenvalue weighted by molar-refractivity contribution is 5.85. The number of hydrogen-bond donors (Lipinski definition) is 0. The summed E-state index contributed by atoms with van der Waals surface area (Å²) in [4.78, 5) is 7.23. The topological polar surface area (TPSA) is 30.3 Å². The van der Waals surface area contributed by atoms with Gasteiger partial charge in [0.15, 0.2) is 0 Å². The molecule has 0 saturated carbocycles. The van der Waals surface area contributed by atoms with E-state index in [0.29, 0.717) is 12.5 Å². The monoisotopic (exact) mass is 381 g/mol. The smallest absolute Gasteiger partial charge is 0.127 e. The number of rotatable bonds is 3. The lowest BCUT2D eigenvalue weighted by molar-refractivity contribution is 0.307. The summed E-state index contributed by atoms with van der Waals surface area (Å²) in [5, 5.41) is 0. The maximum absolute atomic E-state index is 5.87. The number of halogens is 2. The van der Waals surface area contributed by atoms with Crippen LogP contribution in [-0.4, -0.2) is 40.7 Å². The molecule has 4 nitrogen and oxygen atoms in total. The van der Waals surface area contributed by atoms with Gasteiger partial charge >= 0.3 is 0 Å². The van der Waals surface area contributed by atoms with Crippen LogP contribution in [0.15, 0.2) is 36.0 Å². The highest BCUT2D eigenvalue weighted by atomic mass is 35.5. The quantitative estimate of drug-likeness (QED) is 0.808. The summed E-state index contributed by atoms with van der Waals surface area (Å²) in [6, 6.07) is 8.25. The molecule has 1 saturated heterocycles. The maximum atomic E-state index is 5.87. The number of aryl methyl sites for hydroxylation is 2. The van der Waals surface area contributed by atoms with Crippen LogP contribution in [-0.2, 0) is 7.05 Å². The lowest BCUT2D eigenvalue weighted by atomic mass is 10.1. The molecule has 0 radical (unpaired) electrons. The van der Waals surface area contributed by atoms with E-state index in [1.54, 1.807) is 0 Å². The van der Waals surface area contributed by atoms with Crippen LogP contribution >= 0.6 is 24.8 Å². The Morgan fingerprint density at radius 1 is 1.24 bits per heavy atom. The van der Waals surface area contributed by atoms with Crippen LogP contribution < -0.4 is 4.74 Å². The molecule has 1 fully saturated rings. The zero-order valence-electron chi connectivity index (χ0n) is 14.6. The van der Waals surface area contributed by atoms with E-state index in [9.17, 15) is 0 Å². The number of imidazole rings is 1. The third-order valence-electron chi connectivity index (χ3n) is 4.79. The van der Waals surface area contributed by atoms with Gasteiger partial charge in [-0.25, -0.2) is 4.98 Å². The van der Waals surface area contributed by atoms with Crippen LogP contribution in [0, 0.1) is 6.92 Å². The SMILES string of the molecule is Cc1cn(C)c(C2CCN(CC3=Cc4ccccc4OC3)C2)n1.Cl.Cl. The molecule has 25 heavy (non-hydrogen) atoms. The fourth-order valence-corrected chi connectivity index (χ4v) is 3.74. The molecule has 0 N–H and O–H groups in total. The van der Waals surface area contributed by atoms with E-state index in [0.717, 1.165) is 31.1 Å². The van der Waals surface area contributed by atoms with Gasteiger partial charge in [-0.15, -0.1) is 24.8 Å². The van der Waals surface area contributed by atoms with Crippen molar-refractivity contribution < 1.29 is 4.74 Å². The zero-order chi connectivity index (χ0) is 15.8. The number of para-hydroxylation sites is 1.